The Hall–Kier alpha value is -1.60. The standard InChI is InChI=1S/C16H17O/c1-2-13-17-16(14-9-5-3-6-10-14)15-11-7-4-8-12-15/h2-12,16H,13H2,1H3. The van der Waals surface area contributed by atoms with E-state index in [2.05, 4.69) is 24.3 Å². The fourth-order valence-corrected chi connectivity index (χ4v) is 1.83. The molecule has 1 nitrogen and oxygen atoms in total. The zero-order valence-corrected chi connectivity index (χ0v) is 10.0. The highest BCUT2D eigenvalue weighted by Crippen LogP contribution is 2.25. The molecule has 2 rings (SSSR count). The number of benzene rings is 2. The van der Waals surface area contributed by atoms with Crippen LogP contribution in [0.3, 0.4) is 0 Å². The smallest absolute Gasteiger partial charge is 0.108 e. The van der Waals surface area contributed by atoms with Gasteiger partial charge in [-0.15, -0.1) is 0 Å². The molecule has 0 bridgehead atoms. The van der Waals surface area contributed by atoms with E-state index in [1.165, 1.54) is 11.1 Å². The Morgan fingerprint density at radius 3 is 1.76 bits per heavy atom. The van der Waals surface area contributed by atoms with Crippen LogP contribution in [0.5, 0.6) is 0 Å². The monoisotopic (exact) mass is 225 g/mol. The average molecular weight is 225 g/mol. The fraction of sp³-hybridized carbons (Fsp3) is 0.188. The lowest BCUT2D eigenvalue weighted by Crippen LogP contribution is -2.07. The first kappa shape index (κ1) is 11.9. The minimum Gasteiger partial charge on any atom is -0.368 e. The predicted octanol–water partition coefficient (Wildman–Crippen LogP) is 4.02. The summed E-state index contributed by atoms with van der Waals surface area (Å²) in [4.78, 5) is 0. The summed E-state index contributed by atoms with van der Waals surface area (Å²) in [6.07, 6.45) is 2.05. The van der Waals surface area contributed by atoms with Gasteiger partial charge in [0.05, 0.1) is 6.61 Å². The summed E-state index contributed by atoms with van der Waals surface area (Å²) < 4.78 is 5.91. The van der Waals surface area contributed by atoms with Crippen molar-refractivity contribution in [1.29, 1.82) is 0 Å². The summed E-state index contributed by atoms with van der Waals surface area (Å²) in [5.74, 6) is 0. The quantitative estimate of drug-likeness (QED) is 0.747. The molecule has 0 N–H and O–H groups in total. The second-order valence-electron chi connectivity index (χ2n) is 3.94. The van der Waals surface area contributed by atoms with Gasteiger partial charge in [-0.05, 0) is 17.5 Å². The Balaban J connectivity index is 2.26. The largest absolute Gasteiger partial charge is 0.368 e. The zero-order chi connectivity index (χ0) is 11.9. The topological polar surface area (TPSA) is 9.23 Å². The van der Waals surface area contributed by atoms with E-state index in [0.29, 0.717) is 6.61 Å². The van der Waals surface area contributed by atoms with Gasteiger partial charge in [-0.2, -0.15) is 0 Å². The van der Waals surface area contributed by atoms with Crippen LogP contribution in [-0.4, -0.2) is 6.61 Å². The zero-order valence-electron chi connectivity index (χ0n) is 10.0. The minimum absolute atomic E-state index is 0.0219. The van der Waals surface area contributed by atoms with Crippen LogP contribution in [0.1, 0.15) is 24.2 Å². The molecule has 17 heavy (non-hydrogen) atoms. The lowest BCUT2D eigenvalue weighted by Gasteiger charge is -2.18. The van der Waals surface area contributed by atoms with Crippen LogP contribution >= 0.6 is 0 Å². The van der Waals surface area contributed by atoms with E-state index in [-0.39, 0.29) is 6.10 Å². The molecule has 0 fully saturated rings. The van der Waals surface area contributed by atoms with Gasteiger partial charge in [0.25, 0.3) is 0 Å². The van der Waals surface area contributed by atoms with Crippen molar-refractivity contribution in [2.24, 2.45) is 0 Å². The molecule has 0 saturated heterocycles. The molecule has 1 heteroatoms. The second-order valence-corrected chi connectivity index (χ2v) is 3.94. The highest BCUT2D eigenvalue weighted by molar-refractivity contribution is 5.29. The number of hydrogen-bond acceptors (Lipinski definition) is 1. The van der Waals surface area contributed by atoms with Crippen molar-refractivity contribution in [3.8, 4) is 0 Å². The van der Waals surface area contributed by atoms with Crippen molar-refractivity contribution in [2.75, 3.05) is 6.61 Å². The maximum atomic E-state index is 5.91. The van der Waals surface area contributed by atoms with Gasteiger partial charge in [0.2, 0.25) is 0 Å². The van der Waals surface area contributed by atoms with E-state index >= 15 is 0 Å². The number of rotatable bonds is 5. The molecule has 2 aromatic carbocycles. The van der Waals surface area contributed by atoms with Crippen LogP contribution in [0, 0.1) is 6.42 Å². The van der Waals surface area contributed by atoms with Crippen molar-refractivity contribution in [3.05, 3.63) is 78.2 Å². The van der Waals surface area contributed by atoms with Crippen LogP contribution in [-0.2, 0) is 4.74 Å². The third-order valence-electron chi connectivity index (χ3n) is 2.63. The highest BCUT2D eigenvalue weighted by Gasteiger charge is 2.13. The molecule has 87 valence electrons. The van der Waals surface area contributed by atoms with Gasteiger partial charge in [0.15, 0.2) is 0 Å². The normalized spacial score (nSPS) is 10.7. The molecule has 2 aromatic rings. The molecular formula is C16H17O. The maximum absolute atomic E-state index is 5.91. The lowest BCUT2D eigenvalue weighted by molar-refractivity contribution is 0.0973. The molecule has 0 unspecified atom stereocenters. The molecule has 0 saturated carbocycles. The second kappa shape index (κ2) is 6.21. The van der Waals surface area contributed by atoms with Crippen LogP contribution in [0.4, 0.5) is 0 Å². The molecule has 0 aliphatic heterocycles. The molecule has 0 spiro atoms. The van der Waals surface area contributed by atoms with E-state index in [4.69, 9.17) is 4.74 Å². The first-order chi connectivity index (χ1) is 8.42. The van der Waals surface area contributed by atoms with Gasteiger partial charge in [0.1, 0.15) is 6.10 Å². The van der Waals surface area contributed by atoms with Gasteiger partial charge < -0.3 is 4.74 Å². The van der Waals surface area contributed by atoms with Crippen LogP contribution in [0.2, 0.25) is 0 Å². The van der Waals surface area contributed by atoms with E-state index in [9.17, 15) is 0 Å². The summed E-state index contributed by atoms with van der Waals surface area (Å²) in [5.41, 5.74) is 2.39. The van der Waals surface area contributed by atoms with Gasteiger partial charge in [0, 0.05) is 0 Å². The van der Waals surface area contributed by atoms with Gasteiger partial charge in [-0.3, -0.25) is 0 Å². The molecule has 0 aliphatic rings. The Labute approximate surface area is 103 Å². The Morgan fingerprint density at radius 1 is 0.882 bits per heavy atom. The third kappa shape index (κ3) is 3.18. The Kier molecular flexibility index (Phi) is 4.34. The Bertz CT molecular complexity index is 382. The maximum Gasteiger partial charge on any atom is 0.108 e. The van der Waals surface area contributed by atoms with E-state index in [1.807, 2.05) is 49.7 Å². The summed E-state index contributed by atoms with van der Waals surface area (Å²) >= 11 is 0. The number of hydrogen-bond donors (Lipinski definition) is 0. The summed E-state index contributed by atoms with van der Waals surface area (Å²) in [6.45, 7) is 2.67. The van der Waals surface area contributed by atoms with Crippen molar-refractivity contribution in [3.63, 3.8) is 0 Å². The van der Waals surface area contributed by atoms with Crippen molar-refractivity contribution < 1.29 is 4.74 Å². The van der Waals surface area contributed by atoms with Gasteiger partial charge >= 0.3 is 0 Å². The molecule has 0 heterocycles. The molecule has 0 amide bonds. The lowest BCUT2D eigenvalue weighted by atomic mass is 10.0. The minimum atomic E-state index is 0.0219. The average Bonchev–Trinajstić information content (AvgIpc) is 2.42. The van der Waals surface area contributed by atoms with Gasteiger partial charge in [-0.1, -0.05) is 67.6 Å². The van der Waals surface area contributed by atoms with E-state index < -0.39 is 0 Å². The first-order valence-corrected chi connectivity index (χ1v) is 5.91. The molecule has 0 atom stereocenters. The summed E-state index contributed by atoms with van der Waals surface area (Å²) in [6, 6.07) is 20.7. The van der Waals surface area contributed by atoms with Crippen molar-refractivity contribution >= 4 is 0 Å². The molecule has 0 aliphatic carbocycles. The van der Waals surface area contributed by atoms with Crippen LogP contribution < -0.4 is 0 Å². The first-order valence-electron chi connectivity index (χ1n) is 5.91. The number of ether oxygens (including phenoxy) is 1. The molecule has 1 radical (unpaired) electrons. The Morgan fingerprint density at radius 2 is 1.35 bits per heavy atom. The highest BCUT2D eigenvalue weighted by atomic mass is 16.5. The van der Waals surface area contributed by atoms with Gasteiger partial charge in [-0.25, -0.2) is 0 Å². The van der Waals surface area contributed by atoms with Crippen molar-refractivity contribution in [2.45, 2.75) is 13.0 Å². The molecule has 0 aromatic heterocycles. The SMILES string of the molecule is C[CH]COC(c1ccccc1)c1ccccc1. The summed E-state index contributed by atoms with van der Waals surface area (Å²) in [7, 11) is 0. The molecular weight excluding hydrogens is 208 g/mol. The predicted molar refractivity (Wildman–Crippen MR) is 70.7 cm³/mol. The van der Waals surface area contributed by atoms with Crippen LogP contribution in [0.15, 0.2) is 60.7 Å². The van der Waals surface area contributed by atoms with Crippen molar-refractivity contribution in [1.82, 2.24) is 0 Å². The van der Waals surface area contributed by atoms with Crippen LogP contribution in [0.25, 0.3) is 0 Å². The van der Waals surface area contributed by atoms with E-state index in [1.54, 1.807) is 0 Å². The third-order valence-corrected chi connectivity index (χ3v) is 2.63. The van der Waals surface area contributed by atoms with E-state index in [0.717, 1.165) is 0 Å². The summed E-state index contributed by atoms with van der Waals surface area (Å²) in [5, 5.41) is 0. The fourth-order valence-electron chi connectivity index (χ4n) is 1.83.